The van der Waals surface area contributed by atoms with Gasteiger partial charge in [0.25, 0.3) is 0 Å². The number of pyridine rings is 1. The molecule has 0 unspecified atom stereocenters. The van der Waals surface area contributed by atoms with Crippen molar-refractivity contribution in [2.75, 3.05) is 33.4 Å². The summed E-state index contributed by atoms with van der Waals surface area (Å²) in [5, 5.41) is 0. The molecule has 3 heterocycles. The van der Waals surface area contributed by atoms with Crippen LogP contribution in [-0.2, 0) is 19.5 Å². The van der Waals surface area contributed by atoms with E-state index in [4.69, 9.17) is 14.2 Å². The Morgan fingerprint density at radius 2 is 1.71 bits per heavy atom. The number of methoxy groups -OCH3 is 1. The molecule has 0 N–H and O–H groups in total. The topological polar surface area (TPSA) is 108 Å². The molecule has 1 aromatic heterocycles. The van der Waals surface area contributed by atoms with Crippen LogP contribution >= 0.6 is 0 Å². The van der Waals surface area contributed by atoms with Crippen LogP contribution in [0.25, 0.3) is 0 Å². The first-order valence-corrected chi connectivity index (χ1v) is 12.3. The lowest BCUT2D eigenvalue weighted by molar-refractivity contribution is -0.0498. The van der Waals surface area contributed by atoms with Gasteiger partial charge in [0.15, 0.2) is 0 Å². The van der Waals surface area contributed by atoms with E-state index in [1.807, 2.05) is 0 Å². The molecule has 2 bridgehead atoms. The summed E-state index contributed by atoms with van der Waals surface area (Å²) in [6, 6.07) is 7.79. The Morgan fingerprint density at radius 3 is 2.29 bits per heavy atom. The highest BCUT2D eigenvalue weighted by atomic mass is 32.2. The van der Waals surface area contributed by atoms with E-state index in [0.717, 1.165) is 0 Å². The Morgan fingerprint density at radius 1 is 1.06 bits per heavy atom. The number of carbonyl (C=O) groups excluding carboxylic acids is 1. The number of carbonyl (C=O) groups is 1. The molecule has 4 rings (SSSR count). The molecule has 35 heavy (non-hydrogen) atoms. The van der Waals surface area contributed by atoms with E-state index >= 15 is 0 Å². The van der Waals surface area contributed by atoms with Gasteiger partial charge in [0, 0.05) is 38.3 Å². The highest BCUT2D eigenvalue weighted by Gasteiger charge is 2.46. The first kappa shape index (κ1) is 25.1. The first-order chi connectivity index (χ1) is 16.8. The molecular formula is C22H25F2N3O7S. The van der Waals surface area contributed by atoms with E-state index in [1.165, 1.54) is 54.0 Å². The number of amides is 1. The van der Waals surface area contributed by atoms with Crippen LogP contribution in [0.2, 0.25) is 0 Å². The number of sulfonamides is 1. The van der Waals surface area contributed by atoms with Crippen LogP contribution < -0.4 is 9.47 Å². The number of aromatic nitrogens is 1. The van der Waals surface area contributed by atoms with Crippen molar-refractivity contribution >= 4 is 16.1 Å². The van der Waals surface area contributed by atoms with Crippen molar-refractivity contribution in [2.45, 2.75) is 36.4 Å². The third-order valence-electron chi connectivity index (χ3n) is 5.79. The number of piperazine rings is 1. The second-order valence-electron chi connectivity index (χ2n) is 8.01. The number of hydrogen-bond donors (Lipinski definition) is 0. The van der Waals surface area contributed by atoms with Gasteiger partial charge < -0.3 is 18.9 Å². The zero-order valence-corrected chi connectivity index (χ0v) is 19.7. The Hall–Kier alpha value is -3.03. The first-order valence-electron chi connectivity index (χ1n) is 10.9. The minimum atomic E-state index is -3.84. The Bertz CT molecular complexity index is 1100. The van der Waals surface area contributed by atoms with Crippen molar-refractivity contribution in [3.8, 4) is 17.4 Å². The average Bonchev–Trinajstić information content (AvgIpc) is 3.09. The summed E-state index contributed by atoms with van der Waals surface area (Å²) in [4.78, 5) is 18.1. The van der Waals surface area contributed by atoms with Crippen LogP contribution in [0, 0.1) is 0 Å². The van der Waals surface area contributed by atoms with Gasteiger partial charge in [-0.2, -0.15) is 13.1 Å². The predicted molar refractivity (Wildman–Crippen MR) is 118 cm³/mol. The largest absolute Gasteiger partial charge is 0.447 e. The van der Waals surface area contributed by atoms with Gasteiger partial charge in [-0.15, -0.1) is 0 Å². The fraction of sp³-hybridized carbons (Fsp3) is 0.455. The third-order valence-corrected chi connectivity index (χ3v) is 7.61. The summed E-state index contributed by atoms with van der Waals surface area (Å²) in [7, 11) is -2.32. The number of halogens is 2. The highest BCUT2D eigenvalue weighted by molar-refractivity contribution is 7.89. The van der Waals surface area contributed by atoms with Crippen molar-refractivity contribution < 1.29 is 40.9 Å². The van der Waals surface area contributed by atoms with Gasteiger partial charge in [-0.25, -0.2) is 18.2 Å². The minimum Gasteiger partial charge on any atom is -0.447 e. The molecule has 2 aliphatic rings. The molecule has 0 aliphatic carbocycles. The summed E-state index contributed by atoms with van der Waals surface area (Å²) in [6.45, 7) is -2.15. The smallest absolute Gasteiger partial charge is 0.410 e. The van der Waals surface area contributed by atoms with Gasteiger partial charge in [-0.3, -0.25) is 4.90 Å². The lowest BCUT2D eigenvalue weighted by atomic mass is 10.2. The predicted octanol–water partition coefficient (Wildman–Crippen LogP) is 3.10. The fourth-order valence-electron chi connectivity index (χ4n) is 4.18. The summed E-state index contributed by atoms with van der Waals surface area (Å²) in [5.41, 5.74) is 0. The third kappa shape index (κ3) is 5.80. The van der Waals surface area contributed by atoms with Gasteiger partial charge >= 0.3 is 12.7 Å². The molecule has 0 spiro atoms. The molecule has 0 radical (unpaired) electrons. The number of benzene rings is 1. The SMILES string of the molecule is COCCOC(=O)N1[C@@H]2CC[C@H]1CN(S(=O)(=O)c1ccc(Oc3ccc(OC(F)F)cc3)nc1)C2. The number of hydrogen-bond acceptors (Lipinski definition) is 8. The van der Waals surface area contributed by atoms with E-state index in [2.05, 4.69) is 9.72 Å². The monoisotopic (exact) mass is 513 g/mol. The second-order valence-corrected chi connectivity index (χ2v) is 9.94. The quantitative estimate of drug-likeness (QED) is 0.471. The normalized spacial score (nSPS) is 20.2. The fourth-order valence-corrected chi connectivity index (χ4v) is 5.64. The van der Waals surface area contributed by atoms with Gasteiger partial charge in [-0.1, -0.05) is 0 Å². The molecule has 10 nitrogen and oxygen atoms in total. The number of ether oxygens (including phenoxy) is 4. The van der Waals surface area contributed by atoms with Crippen molar-refractivity contribution in [1.29, 1.82) is 0 Å². The summed E-state index contributed by atoms with van der Waals surface area (Å²) >= 11 is 0. The molecule has 2 saturated heterocycles. The van der Waals surface area contributed by atoms with Gasteiger partial charge in [0.2, 0.25) is 15.9 Å². The molecular weight excluding hydrogens is 488 g/mol. The van der Waals surface area contributed by atoms with E-state index in [9.17, 15) is 22.0 Å². The molecule has 1 aromatic carbocycles. The molecule has 2 fully saturated rings. The number of fused-ring (bicyclic) bond motifs is 2. The van der Waals surface area contributed by atoms with Crippen LogP contribution in [0.4, 0.5) is 13.6 Å². The number of rotatable bonds is 9. The van der Waals surface area contributed by atoms with E-state index < -0.39 is 22.7 Å². The molecule has 2 aromatic rings. The summed E-state index contributed by atoms with van der Waals surface area (Å²) in [5.74, 6) is 0.439. The number of alkyl halides is 2. The van der Waals surface area contributed by atoms with Crippen LogP contribution in [-0.4, -0.2) is 80.8 Å². The molecule has 13 heteroatoms. The van der Waals surface area contributed by atoms with Gasteiger partial charge in [0.05, 0.1) is 12.8 Å². The van der Waals surface area contributed by atoms with Gasteiger partial charge in [-0.05, 0) is 43.2 Å². The van der Waals surface area contributed by atoms with E-state index in [-0.39, 0.29) is 48.3 Å². The Kier molecular flexibility index (Phi) is 7.67. The maximum atomic E-state index is 13.2. The highest BCUT2D eigenvalue weighted by Crippen LogP contribution is 2.33. The van der Waals surface area contributed by atoms with Crippen LogP contribution in [0.1, 0.15) is 12.8 Å². The molecule has 2 atom stereocenters. The second kappa shape index (κ2) is 10.7. The Balaban J connectivity index is 1.38. The summed E-state index contributed by atoms with van der Waals surface area (Å²) < 4.78 is 72.2. The average molecular weight is 514 g/mol. The maximum Gasteiger partial charge on any atom is 0.410 e. The molecule has 0 saturated carbocycles. The lowest BCUT2D eigenvalue weighted by Gasteiger charge is -2.39. The van der Waals surface area contributed by atoms with Crippen molar-refractivity contribution in [3.63, 3.8) is 0 Å². The standard InChI is InChI=1S/C22H25F2N3O7S/c1-31-10-11-32-22(28)27-15-2-3-16(27)14-26(13-15)35(29,30)19-8-9-20(25-12-19)33-17-4-6-18(7-5-17)34-21(23)24/h4-9,12,15-16,21H,2-3,10-11,13-14H2,1H3/t15-,16+. The van der Waals surface area contributed by atoms with Crippen LogP contribution in [0.15, 0.2) is 47.5 Å². The maximum absolute atomic E-state index is 13.2. The van der Waals surface area contributed by atoms with Crippen molar-refractivity contribution in [3.05, 3.63) is 42.6 Å². The summed E-state index contributed by atoms with van der Waals surface area (Å²) in [6.07, 6.45) is 2.14. The van der Waals surface area contributed by atoms with Crippen molar-refractivity contribution in [2.24, 2.45) is 0 Å². The van der Waals surface area contributed by atoms with Crippen molar-refractivity contribution in [1.82, 2.24) is 14.2 Å². The van der Waals surface area contributed by atoms with E-state index in [0.29, 0.717) is 25.2 Å². The van der Waals surface area contributed by atoms with Crippen LogP contribution in [0.5, 0.6) is 17.4 Å². The lowest BCUT2D eigenvalue weighted by Crippen LogP contribution is -2.57. The zero-order valence-electron chi connectivity index (χ0n) is 18.9. The molecule has 2 aliphatic heterocycles. The molecule has 1 amide bonds. The van der Waals surface area contributed by atoms with E-state index in [1.54, 1.807) is 4.90 Å². The minimum absolute atomic E-state index is 0.000974. The van der Waals surface area contributed by atoms with Gasteiger partial charge in [0.1, 0.15) is 23.0 Å². The molecule has 190 valence electrons. The zero-order chi connectivity index (χ0) is 25.0. The number of nitrogens with zero attached hydrogens (tertiary/aromatic N) is 3. The van der Waals surface area contributed by atoms with Crippen LogP contribution in [0.3, 0.4) is 0 Å². The Labute approximate surface area is 201 Å².